The highest BCUT2D eigenvalue weighted by Gasteiger charge is 2.53. The van der Waals surface area contributed by atoms with Crippen molar-refractivity contribution in [3.63, 3.8) is 0 Å². The van der Waals surface area contributed by atoms with Crippen molar-refractivity contribution in [2.24, 2.45) is 5.92 Å². The van der Waals surface area contributed by atoms with Crippen molar-refractivity contribution in [2.75, 3.05) is 19.6 Å². The molecule has 1 aromatic carbocycles. The van der Waals surface area contributed by atoms with Crippen LogP contribution >= 0.6 is 0 Å². The van der Waals surface area contributed by atoms with Gasteiger partial charge in [-0.1, -0.05) is 12.1 Å². The van der Waals surface area contributed by atoms with E-state index in [1.807, 2.05) is 18.3 Å². The van der Waals surface area contributed by atoms with Gasteiger partial charge in [-0.05, 0) is 49.5 Å². The third kappa shape index (κ3) is 2.26. The lowest BCUT2D eigenvalue weighted by atomic mass is 9.75. The number of piperidine rings is 3. The van der Waals surface area contributed by atoms with Crippen LogP contribution in [0.3, 0.4) is 0 Å². The fourth-order valence-electron chi connectivity index (χ4n) is 5.36. The van der Waals surface area contributed by atoms with Crippen LogP contribution in [0.5, 0.6) is 5.75 Å². The zero-order valence-electron chi connectivity index (χ0n) is 13.8. The summed E-state index contributed by atoms with van der Waals surface area (Å²) in [7, 11) is 0. The van der Waals surface area contributed by atoms with Gasteiger partial charge in [-0.25, -0.2) is 4.98 Å². The quantitative estimate of drug-likeness (QED) is 0.909. The van der Waals surface area contributed by atoms with Crippen molar-refractivity contribution in [1.82, 2.24) is 19.8 Å². The maximum absolute atomic E-state index is 9.93. The van der Waals surface area contributed by atoms with Gasteiger partial charge in [-0.3, -0.25) is 9.80 Å². The van der Waals surface area contributed by atoms with Crippen LogP contribution in [0.2, 0.25) is 0 Å². The van der Waals surface area contributed by atoms with Gasteiger partial charge in [-0.2, -0.15) is 0 Å². The fourth-order valence-corrected chi connectivity index (χ4v) is 5.36. The van der Waals surface area contributed by atoms with Crippen molar-refractivity contribution in [2.45, 2.75) is 37.4 Å². The molecule has 0 aliphatic carbocycles. The molecule has 4 fully saturated rings. The number of fused-ring (bicyclic) bond motifs is 2. The summed E-state index contributed by atoms with van der Waals surface area (Å²) >= 11 is 0. The van der Waals surface area contributed by atoms with Gasteiger partial charge in [0.1, 0.15) is 5.75 Å². The molecule has 4 saturated heterocycles. The molecule has 5 heterocycles. The minimum absolute atomic E-state index is 0.382. The van der Waals surface area contributed by atoms with Crippen LogP contribution in [0, 0.1) is 5.92 Å². The van der Waals surface area contributed by atoms with Crippen LogP contribution in [0.25, 0.3) is 0 Å². The van der Waals surface area contributed by atoms with Crippen LogP contribution < -0.4 is 0 Å². The maximum Gasteiger partial charge on any atom is 0.115 e. The summed E-state index contributed by atoms with van der Waals surface area (Å²) in [6.45, 7) is 4.48. The minimum atomic E-state index is 0.382. The Bertz CT molecular complexity index is 708. The molecule has 0 unspecified atom stereocenters. The van der Waals surface area contributed by atoms with E-state index in [0.29, 0.717) is 23.8 Å². The zero-order chi connectivity index (χ0) is 16.1. The zero-order valence-corrected chi connectivity index (χ0v) is 13.8. The number of benzene rings is 1. The number of rotatable bonds is 3. The summed E-state index contributed by atoms with van der Waals surface area (Å²) in [6.07, 6.45) is 6.37. The minimum Gasteiger partial charge on any atom is -0.508 e. The molecule has 3 atom stereocenters. The molecule has 0 radical (unpaired) electrons. The highest BCUT2D eigenvalue weighted by molar-refractivity contribution is 5.33. The number of imidazole rings is 1. The Labute approximate surface area is 142 Å². The largest absolute Gasteiger partial charge is 0.508 e. The standard InChI is InChI=1S/C19H24N4O/c24-16-3-1-2-14(8-16)17-11-23(10-15-9-20-12-21-15)18-13-4-6-22(7-5-13)19(17)18/h1-3,8-9,12-13,17-19,24H,4-7,10-11H2,(H,20,21)/t17-,18+,19+/m0/s1. The number of nitrogens with one attached hydrogen (secondary N) is 1. The van der Waals surface area contributed by atoms with Crippen LogP contribution in [-0.2, 0) is 6.54 Å². The highest BCUT2D eigenvalue weighted by atomic mass is 16.3. The monoisotopic (exact) mass is 324 g/mol. The molecule has 5 nitrogen and oxygen atoms in total. The Kier molecular flexibility index (Phi) is 3.38. The summed E-state index contributed by atoms with van der Waals surface area (Å²) in [5, 5.41) is 9.93. The molecule has 24 heavy (non-hydrogen) atoms. The highest BCUT2D eigenvalue weighted by Crippen LogP contribution is 2.47. The second-order valence-corrected chi connectivity index (χ2v) is 7.56. The molecular weight excluding hydrogens is 300 g/mol. The number of nitrogens with zero attached hydrogens (tertiary/aromatic N) is 3. The molecule has 2 N–H and O–H groups in total. The first-order chi connectivity index (χ1) is 11.8. The number of likely N-dealkylation sites (tertiary alicyclic amines) is 1. The lowest BCUT2D eigenvalue weighted by molar-refractivity contribution is -0.00895. The van der Waals surface area contributed by atoms with E-state index in [1.54, 1.807) is 12.4 Å². The average molecular weight is 324 g/mol. The summed E-state index contributed by atoms with van der Waals surface area (Å²) in [5.74, 6) is 1.67. The topological polar surface area (TPSA) is 55.4 Å². The Balaban J connectivity index is 1.49. The first kappa shape index (κ1) is 14.5. The van der Waals surface area contributed by atoms with Crippen molar-refractivity contribution in [3.8, 4) is 5.75 Å². The number of H-pyrrole nitrogens is 1. The average Bonchev–Trinajstić information content (AvgIpc) is 3.25. The molecule has 126 valence electrons. The normalized spacial score (nSPS) is 35.2. The molecule has 2 bridgehead atoms. The molecular formula is C19H24N4O. The molecule has 6 rings (SSSR count). The summed E-state index contributed by atoms with van der Waals surface area (Å²) < 4.78 is 0. The number of phenolic OH excluding ortho intramolecular Hbond substituents is 1. The SMILES string of the molecule is Oc1cccc([C@@H]2CN(Cc3cnc[nH]3)[C@@H]3C4CCN(CC4)[C@@H]32)c1. The predicted molar refractivity (Wildman–Crippen MR) is 91.7 cm³/mol. The van der Waals surface area contributed by atoms with E-state index >= 15 is 0 Å². The third-order valence-corrected chi connectivity index (χ3v) is 6.32. The van der Waals surface area contributed by atoms with Gasteiger partial charge < -0.3 is 10.1 Å². The molecule has 0 saturated carbocycles. The van der Waals surface area contributed by atoms with E-state index in [-0.39, 0.29) is 0 Å². The van der Waals surface area contributed by atoms with E-state index in [1.165, 1.54) is 37.2 Å². The van der Waals surface area contributed by atoms with Crippen LogP contribution in [0.1, 0.15) is 30.0 Å². The first-order valence-electron chi connectivity index (χ1n) is 9.04. The second kappa shape index (κ2) is 5.60. The fraction of sp³-hybridized carbons (Fsp3) is 0.526. The molecule has 4 aliphatic heterocycles. The van der Waals surface area contributed by atoms with Crippen molar-refractivity contribution < 1.29 is 5.11 Å². The van der Waals surface area contributed by atoms with E-state index in [0.717, 1.165) is 19.0 Å². The number of aromatic amines is 1. The van der Waals surface area contributed by atoms with Gasteiger partial charge in [0.05, 0.1) is 6.33 Å². The Morgan fingerprint density at radius 1 is 1.21 bits per heavy atom. The van der Waals surface area contributed by atoms with Gasteiger partial charge in [0.15, 0.2) is 0 Å². The molecule has 2 aromatic rings. The van der Waals surface area contributed by atoms with E-state index in [2.05, 4.69) is 25.8 Å². The van der Waals surface area contributed by atoms with E-state index in [4.69, 9.17) is 0 Å². The number of aromatic hydroxyl groups is 1. The number of hydrogen-bond acceptors (Lipinski definition) is 4. The van der Waals surface area contributed by atoms with Crippen LogP contribution in [-0.4, -0.2) is 56.6 Å². The number of phenols is 1. The maximum atomic E-state index is 9.93. The van der Waals surface area contributed by atoms with Gasteiger partial charge in [0.25, 0.3) is 0 Å². The molecule has 0 spiro atoms. The first-order valence-corrected chi connectivity index (χ1v) is 9.04. The Morgan fingerprint density at radius 2 is 2.08 bits per heavy atom. The molecule has 0 amide bonds. The lowest BCUT2D eigenvalue weighted by Gasteiger charge is -2.51. The van der Waals surface area contributed by atoms with Crippen LogP contribution in [0.4, 0.5) is 0 Å². The summed E-state index contributed by atoms with van der Waals surface area (Å²) in [6, 6.07) is 9.11. The Morgan fingerprint density at radius 3 is 2.83 bits per heavy atom. The smallest absolute Gasteiger partial charge is 0.115 e. The lowest BCUT2D eigenvalue weighted by Crippen LogP contribution is -2.59. The number of aromatic nitrogens is 2. The van der Waals surface area contributed by atoms with Gasteiger partial charge in [0, 0.05) is 43.0 Å². The van der Waals surface area contributed by atoms with Gasteiger partial charge in [-0.15, -0.1) is 0 Å². The molecule has 1 aromatic heterocycles. The van der Waals surface area contributed by atoms with E-state index in [9.17, 15) is 5.11 Å². The summed E-state index contributed by atoms with van der Waals surface area (Å²) in [5.41, 5.74) is 2.48. The van der Waals surface area contributed by atoms with Gasteiger partial charge in [0.2, 0.25) is 0 Å². The Hall–Kier alpha value is -1.85. The van der Waals surface area contributed by atoms with E-state index < -0.39 is 0 Å². The second-order valence-electron chi connectivity index (χ2n) is 7.56. The molecule has 5 heteroatoms. The third-order valence-electron chi connectivity index (χ3n) is 6.32. The van der Waals surface area contributed by atoms with Crippen LogP contribution in [0.15, 0.2) is 36.8 Å². The summed E-state index contributed by atoms with van der Waals surface area (Å²) in [4.78, 5) is 12.8. The van der Waals surface area contributed by atoms with Crippen molar-refractivity contribution >= 4 is 0 Å². The molecule has 4 aliphatic rings. The number of hydrogen-bond donors (Lipinski definition) is 2. The predicted octanol–water partition coefficient (Wildman–Crippen LogP) is 2.18. The van der Waals surface area contributed by atoms with Crippen molar-refractivity contribution in [3.05, 3.63) is 48.0 Å². The van der Waals surface area contributed by atoms with Crippen molar-refractivity contribution in [1.29, 1.82) is 0 Å². The van der Waals surface area contributed by atoms with Gasteiger partial charge >= 0.3 is 0 Å².